The van der Waals surface area contributed by atoms with Crippen LogP contribution in [0.4, 0.5) is 10.8 Å². The van der Waals surface area contributed by atoms with Gasteiger partial charge in [-0.3, -0.25) is 4.79 Å². The highest BCUT2D eigenvalue weighted by Crippen LogP contribution is 2.45. The summed E-state index contributed by atoms with van der Waals surface area (Å²) in [4.78, 5) is 29.9. The van der Waals surface area contributed by atoms with Crippen molar-refractivity contribution in [3.8, 4) is 0 Å². The van der Waals surface area contributed by atoms with Gasteiger partial charge in [-0.15, -0.1) is 11.3 Å². The van der Waals surface area contributed by atoms with Crippen LogP contribution in [-0.2, 0) is 32.4 Å². The maximum atomic E-state index is 13.4. The lowest BCUT2D eigenvalue weighted by Gasteiger charge is -2.25. The number of nitrogens with zero attached hydrogens (tertiary/aromatic N) is 2. The van der Waals surface area contributed by atoms with E-state index in [4.69, 9.17) is 10.5 Å². The van der Waals surface area contributed by atoms with Crippen molar-refractivity contribution in [2.24, 2.45) is 11.8 Å². The Balaban J connectivity index is 1.46. The molecule has 0 radical (unpaired) electrons. The van der Waals surface area contributed by atoms with Gasteiger partial charge >= 0.3 is 5.97 Å². The number of nitrogen functional groups attached to an aromatic ring is 1. The Bertz CT molecular complexity index is 1230. The zero-order valence-corrected chi connectivity index (χ0v) is 20.6. The number of anilines is 2. The van der Waals surface area contributed by atoms with Crippen molar-refractivity contribution in [2.75, 3.05) is 24.2 Å². The van der Waals surface area contributed by atoms with Crippen LogP contribution in [0.1, 0.15) is 66.0 Å². The molecular formula is C22H29N5O5S2. The summed E-state index contributed by atoms with van der Waals surface area (Å²) in [6.07, 6.45) is 7.00. The zero-order chi connectivity index (χ0) is 24.0. The highest BCUT2D eigenvalue weighted by Gasteiger charge is 2.37. The van der Waals surface area contributed by atoms with Gasteiger partial charge in [0.2, 0.25) is 15.9 Å². The molecule has 3 aliphatic carbocycles. The van der Waals surface area contributed by atoms with E-state index in [0.29, 0.717) is 42.3 Å². The third kappa shape index (κ3) is 4.58. The smallest absolute Gasteiger partial charge is 0.360 e. The van der Waals surface area contributed by atoms with Gasteiger partial charge in [-0.1, -0.05) is 0 Å². The molecule has 0 aliphatic heterocycles. The number of nitrogens with one attached hydrogen (secondary N) is 2. The van der Waals surface area contributed by atoms with Gasteiger partial charge in [0.1, 0.15) is 15.7 Å². The molecule has 2 fully saturated rings. The van der Waals surface area contributed by atoms with Crippen molar-refractivity contribution in [1.82, 2.24) is 14.3 Å². The Kier molecular flexibility index (Phi) is 6.15. The van der Waals surface area contributed by atoms with Gasteiger partial charge in [-0.05, 0) is 63.4 Å². The monoisotopic (exact) mass is 507 g/mol. The number of carbonyl (C=O) groups excluding carboxylic acids is 2. The van der Waals surface area contributed by atoms with Gasteiger partial charge in [-0.2, -0.15) is 0 Å². The molecule has 184 valence electrons. The number of imidazole rings is 1. The highest BCUT2D eigenvalue weighted by molar-refractivity contribution is 7.90. The predicted molar refractivity (Wildman–Crippen MR) is 127 cm³/mol. The van der Waals surface area contributed by atoms with E-state index in [9.17, 15) is 18.0 Å². The van der Waals surface area contributed by atoms with E-state index in [1.165, 1.54) is 17.7 Å². The van der Waals surface area contributed by atoms with Crippen molar-refractivity contribution in [3.63, 3.8) is 0 Å². The molecule has 2 heterocycles. The van der Waals surface area contributed by atoms with Gasteiger partial charge in [0, 0.05) is 23.4 Å². The molecule has 2 aromatic rings. The van der Waals surface area contributed by atoms with E-state index in [0.717, 1.165) is 30.6 Å². The molecule has 34 heavy (non-hydrogen) atoms. The molecule has 10 nitrogen and oxygen atoms in total. The maximum Gasteiger partial charge on any atom is 0.360 e. The van der Waals surface area contributed by atoms with Crippen LogP contribution in [0.25, 0.3) is 0 Å². The van der Waals surface area contributed by atoms with Gasteiger partial charge in [-0.25, -0.2) is 22.9 Å². The van der Waals surface area contributed by atoms with E-state index in [1.54, 1.807) is 11.5 Å². The molecule has 0 saturated heterocycles. The molecule has 0 unspecified atom stereocenters. The first-order valence-corrected chi connectivity index (χ1v) is 14.0. The molecule has 2 aromatic heterocycles. The number of nitrogens with two attached hydrogens (primary N) is 1. The van der Waals surface area contributed by atoms with Crippen molar-refractivity contribution < 1.29 is 22.7 Å². The molecule has 0 bridgehead atoms. The molecular weight excluding hydrogens is 478 g/mol. The highest BCUT2D eigenvalue weighted by atomic mass is 32.2. The molecule has 2 saturated carbocycles. The van der Waals surface area contributed by atoms with Crippen molar-refractivity contribution in [1.29, 1.82) is 0 Å². The topological polar surface area (TPSA) is 145 Å². The van der Waals surface area contributed by atoms with Crippen LogP contribution < -0.4 is 15.8 Å². The van der Waals surface area contributed by atoms with Gasteiger partial charge in [0.25, 0.3) is 0 Å². The molecule has 0 spiro atoms. The molecule has 1 atom stereocenters. The van der Waals surface area contributed by atoms with Crippen molar-refractivity contribution in [2.45, 2.75) is 62.8 Å². The summed E-state index contributed by atoms with van der Waals surface area (Å²) in [5.74, 6) is -0.141. The van der Waals surface area contributed by atoms with Gasteiger partial charge < -0.3 is 20.4 Å². The fourth-order valence-electron chi connectivity index (χ4n) is 4.34. The Morgan fingerprint density at radius 1 is 1.26 bits per heavy atom. The molecule has 12 heteroatoms. The summed E-state index contributed by atoms with van der Waals surface area (Å²) >= 11 is 1.35. The molecule has 4 N–H and O–H groups in total. The summed E-state index contributed by atoms with van der Waals surface area (Å²) < 4.78 is 36.3. The van der Waals surface area contributed by atoms with Crippen LogP contribution in [-0.4, -0.2) is 43.0 Å². The van der Waals surface area contributed by atoms with Crippen LogP contribution >= 0.6 is 11.3 Å². The number of aryl methyl sites for hydroxylation is 1. The summed E-state index contributed by atoms with van der Waals surface area (Å²) in [6.45, 7) is 2.34. The fraction of sp³-hybridized carbons (Fsp3) is 0.591. The summed E-state index contributed by atoms with van der Waals surface area (Å²) in [5, 5.41) is 3.29. The third-order valence-corrected chi connectivity index (χ3v) is 9.46. The minimum absolute atomic E-state index is 0.0334. The largest absolute Gasteiger partial charge is 0.461 e. The SMILES string of the molecule is CCOC(=O)c1ncn([C@H]2CCc3sc(NC(=O)C4CC4)c(S(=O)(=O)NCC4CC4)c3C2)c1N. The number of sulfonamides is 1. The molecule has 1 amide bonds. The number of ether oxygens (including phenoxy) is 1. The quantitative estimate of drug-likeness (QED) is 0.442. The van der Waals surface area contributed by atoms with E-state index in [2.05, 4.69) is 15.0 Å². The Labute approximate surface area is 202 Å². The number of esters is 1. The van der Waals surface area contributed by atoms with E-state index >= 15 is 0 Å². The van der Waals surface area contributed by atoms with Crippen LogP contribution in [0.2, 0.25) is 0 Å². The number of fused-ring (bicyclic) bond motifs is 1. The van der Waals surface area contributed by atoms with Crippen LogP contribution in [0.3, 0.4) is 0 Å². The number of rotatable bonds is 9. The minimum atomic E-state index is -3.81. The summed E-state index contributed by atoms with van der Waals surface area (Å²) in [6, 6.07) is -0.165. The predicted octanol–water partition coefficient (Wildman–Crippen LogP) is 2.47. The first-order chi connectivity index (χ1) is 16.3. The lowest BCUT2D eigenvalue weighted by atomic mass is 9.94. The zero-order valence-electron chi connectivity index (χ0n) is 19.0. The second kappa shape index (κ2) is 8.97. The second-order valence-electron chi connectivity index (χ2n) is 9.22. The van der Waals surface area contributed by atoms with Crippen LogP contribution in [0.5, 0.6) is 0 Å². The van der Waals surface area contributed by atoms with Crippen molar-refractivity contribution >= 4 is 44.1 Å². The van der Waals surface area contributed by atoms with Crippen molar-refractivity contribution in [3.05, 3.63) is 22.5 Å². The van der Waals surface area contributed by atoms with Gasteiger partial charge in [0.05, 0.1) is 12.9 Å². The maximum absolute atomic E-state index is 13.4. The Morgan fingerprint density at radius 2 is 2.03 bits per heavy atom. The summed E-state index contributed by atoms with van der Waals surface area (Å²) in [5.41, 5.74) is 7.00. The molecule has 0 aromatic carbocycles. The second-order valence-corrected chi connectivity index (χ2v) is 12.0. The van der Waals surface area contributed by atoms with E-state index in [-0.39, 0.29) is 40.9 Å². The average Bonchev–Trinajstić information content (AvgIpc) is 3.72. The first-order valence-electron chi connectivity index (χ1n) is 11.7. The Hall–Kier alpha value is -2.44. The van der Waals surface area contributed by atoms with E-state index < -0.39 is 16.0 Å². The standard InChI is InChI=1S/C22H29N5O5S2/c1-2-32-22(29)17-19(23)27(11-24-17)14-7-8-16-15(9-14)18(34(30,31)25-10-12-3-4-12)21(33-16)26-20(28)13-5-6-13/h11-14,25H,2-10,23H2,1H3,(H,26,28)/t14-/m0/s1. The minimum Gasteiger partial charge on any atom is -0.461 e. The average molecular weight is 508 g/mol. The number of aromatic nitrogens is 2. The molecule has 5 rings (SSSR count). The number of carbonyl (C=O) groups is 2. The lowest BCUT2D eigenvalue weighted by molar-refractivity contribution is -0.117. The summed E-state index contributed by atoms with van der Waals surface area (Å²) in [7, 11) is -3.81. The van der Waals surface area contributed by atoms with Gasteiger partial charge in [0.15, 0.2) is 5.69 Å². The number of hydrogen-bond acceptors (Lipinski definition) is 8. The number of hydrogen-bond donors (Lipinski definition) is 3. The normalized spacial score (nSPS) is 20.1. The fourth-order valence-corrected chi connectivity index (χ4v) is 7.43. The Morgan fingerprint density at radius 3 is 2.71 bits per heavy atom. The molecule has 3 aliphatic rings. The first kappa shape index (κ1) is 23.3. The number of thiophene rings is 1. The third-order valence-electron chi connectivity index (χ3n) is 6.59. The van der Waals surface area contributed by atoms with Crippen LogP contribution in [0.15, 0.2) is 11.2 Å². The van der Waals surface area contributed by atoms with Crippen LogP contribution in [0, 0.1) is 11.8 Å². The van der Waals surface area contributed by atoms with E-state index in [1.807, 2.05) is 0 Å². The lowest BCUT2D eigenvalue weighted by Crippen LogP contribution is -2.29. The number of amides is 1.